The van der Waals surface area contributed by atoms with E-state index in [2.05, 4.69) is 29.1 Å². The standard InChI is InChI=1S/C13H20N2OS/c1-9(6-10-4-5-17-8-10)15-13(16)11-2-3-12(14)7-11/h4-5,8-9,11-12H,2-3,6-7,14H2,1H3,(H,15,16). The second-order valence-electron chi connectivity index (χ2n) is 5.02. The zero-order valence-electron chi connectivity index (χ0n) is 10.2. The maximum Gasteiger partial charge on any atom is 0.223 e. The lowest BCUT2D eigenvalue weighted by molar-refractivity contribution is -0.125. The molecule has 0 bridgehead atoms. The minimum atomic E-state index is 0.134. The Kier molecular flexibility index (Phi) is 4.18. The highest BCUT2D eigenvalue weighted by atomic mass is 32.1. The lowest BCUT2D eigenvalue weighted by Gasteiger charge is -2.16. The van der Waals surface area contributed by atoms with Gasteiger partial charge in [0.1, 0.15) is 0 Å². The van der Waals surface area contributed by atoms with Crippen LogP contribution in [0.2, 0.25) is 0 Å². The monoisotopic (exact) mass is 252 g/mol. The molecule has 0 saturated heterocycles. The van der Waals surface area contributed by atoms with Crippen LogP contribution in [0.15, 0.2) is 16.8 Å². The third-order valence-electron chi connectivity index (χ3n) is 3.35. The molecule has 4 heteroatoms. The molecule has 1 aromatic heterocycles. The number of nitrogens with one attached hydrogen (secondary N) is 1. The molecule has 2 rings (SSSR count). The summed E-state index contributed by atoms with van der Waals surface area (Å²) in [5.74, 6) is 0.315. The number of nitrogens with two attached hydrogens (primary N) is 1. The summed E-state index contributed by atoms with van der Waals surface area (Å²) in [6, 6.07) is 2.53. The van der Waals surface area contributed by atoms with Crippen LogP contribution in [0.3, 0.4) is 0 Å². The third kappa shape index (κ3) is 3.54. The first-order valence-electron chi connectivity index (χ1n) is 6.22. The Balaban J connectivity index is 1.78. The van der Waals surface area contributed by atoms with Gasteiger partial charge in [0.25, 0.3) is 0 Å². The van der Waals surface area contributed by atoms with Gasteiger partial charge >= 0.3 is 0 Å². The third-order valence-corrected chi connectivity index (χ3v) is 4.09. The van der Waals surface area contributed by atoms with Crippen LogP contribution in [0.1, 0.15) is 31.7 Å². The summed E-state index contributed by atoms with van der Waals surface area (Å²) >= 11 is 1.70. The second kappa shape index (κ2) is 5.65. The summed E-state index contributed by atoms with van der Waals surface area (Å²) in [6.45, 7) is 2.06. The molecule has 0 aliphatic heterocycles. The average Bonchev–Trinajstić information content (AvgIpc) is 2.89. The maximum atomic E-state index is 12.0. The van der Waals surface area contributed by atoms with Gasteiger partial charge < -0.3 is 11.1 Å². The van der Waals surface area contributed by atoms with Crippen molar-refractivity contribution >= 4 is 17.2 Å². The lowest BCUT2D eigenvalue weighted by atomic mass is 10.1. The summed E-state index contributed by atoms with van der Waals surface area (Å²) in [5.41, 5.74) is 7.12. The highest BCUT2D eigenvalue weighted by Crippen LogP contribution is 2.24. The molecule has 1 aromatic rings. The molecule has 0 aromatic carbocycles. The summed E-state index contributed by atoms with van der Waals surface area (Å²) < 4.78 is 0. The molecule has 3 unspecified atom stereocenters. The van der Waals surface area contributed by atoms with Crippen LogP contribution in [0.5, 0.6) is 0 Å². The van der Waals surface area contributed by atoms with Gasteiger partial charge in [-0.05, 0) is 55.0 Å². The van der Waals surface area contributed by atoms with Crippen LogP contribution in [-0.2, 0) is 11.2 Å². The van der Waals surface area contributed by atoms with Crippen molar-refractivity contribution in [2.24, 2.45) is 11.7 Å². The van der Waals surface area contributed by atoms with Gasteiger partial charge in [0.15, 0.2) is 0 Å². The quantitative estimate of drug-likeness (QED) is 0.860. The summed E-state index contributed by atoms with van der Waals surface area (Å²) in [7, 11) is 0. The highest BCUT2D eigenvalue weighted by Gasteiger charge is 2.28. The van der Waals surface area contributed by atoms with Gasteiger partial charge in [-0.2, -0.15) is 11.3 Å². The van der Waals surface area contributed by atoms with E-state index in [0.717, 1.165) is 25.7 Å². The van der Waals surface area contributed by atoms with Crippen molar-refractivity contribution in [1.29, 1.82) is 0 Å². The molecule has 94 valence electrons. The van der Waals surface area contributed by atoms with Gasteiger partial charge in [0.2, 0.25) is 5.91 Å². The number of hydrogen-bond donors (Lipinski definition) is 2. The topological polar surface area (TPSA) is 55.1 Å². The van der Waals surface area contributed by atoms with Crippen LogP contribution >= 0.6 is 11.3 Å². The Labute approximate surface area is 106 Å². The molecule has 1 heterocycles. The summed E-state index contributed by atoms with van der Waals surface area (Å²) in [5, 5.41) is 7.29. The summed E-state index contributed by atoms with van der Waals surface area (Å²) in [4.78, 5) is 12.0. The minimum Gasteiger partial charge on any atom is -0.353 e. The first kappa shape index (κ1) is 12.6. The Morgan fingerprint density at radius 2 is 2.47 bits per heavy atom. The molecular weight excluding hydrogens is 232 g/mol. The fourth-order valence-corrected chi connectivity index (χ4v) is 3.11. The second-order valence-corrected chi connectivity index (χ2v) is 5.80. The fraction of sp³-hybridized carbons (Fsp3) is 0.615. The highest BCUT2D eigenvalue weighted by molar-refractivity contribution is 7.07. The van der Waals surface area contributed by atoms with E-state index < -0.39 is 0 Å². The molecular formula is C13H20N2OS. The number of thiophene rings is 1. The number of hydrogen-bond acceptors (Lipinski definition) is 3. The molecule has 3 N–H and O–H groups in total. The normalized spacial score (nSPS) is 25.8. The summed E-state index contributed by atoms with van der Waals surface area (Å²) in [6.07, 6.45) is 3.68. The molecule has 1 fully saturated rings. The van der Waals surface area contributed by atoms with E-state index in [9.17, 15) is 4.79 Å². The van der Waals surface area contributed by atoms with Crippen molar-refractivity contribution in [3.8, 4) is 0 Å². The van der Waals surface area contributed by atoms with Gasteiger partial charge in [-0.15, -0.1) is 0 Å². The number of carbonyl (C=O) groups excluding carboxylic acids is 1. The smallest absolute Gasteiger partial charge is 0.223 e. The minimum absolute atomic E-state index is 0.134. The molecule has 3 atom stereocenters. The van der Waals surface area contributed by atoms with Crippen molar-refractivity contribution in [2.75, 3.05) is 0 Å². The van der Waals surface area contributed by atoms with Gasteiger partial charge in [0.05, 0.1) is 0 Å². The maximum absolute atomic E-state index is 12.0. The van der Waals surface area contributed by atoms with Crippen molar-refractivity contribution in [1.82, 2.24) is 5.32 Å². The Morgan fingerprint density at radius 3 is 3.06 bits per heavy atom. The van der Waals surface area contributed by atoms with E-state index in [4.69, 9.17) is 5.73 Å². The van der Waals surface area contributed by atoms with Gasteiger partial charge in [-0.1, -0.05) is 0 Å². The van der Waals surface area contributed by atoms with Gasteiger partial charge in [-0.3, -0.25) is 4.79 Å². The Hall–Kier alpha value is -0.870. The number of carbonyl (C=O) groups is 1. The Morgan fingerprint density at radius 1 is 1.65 bits per heavy atom. The van der Waals surface area contributed by atoms with E-state index in [1.807, 2.05) is 0 Å². The molecule has 17 heavy (non-hydrogen) atoms. The molecule has 3 nitrogen and oxygen atoms in total. The van der Waals surface area contributed by atoms with Gasteiger partial charge in [0, 0.05) is 18.0 Å². The zero-order valence-corrected chi connectivity index (χ0v) is 11.0. The lowest BCUT2D eigenvalue weighted by Crippen LogP contribution is -2.38. The zero-order chi connectivity index (χ0) is 12.3. The van der Waals surface area contributed by atoms with Crippen molar-refractivity contribution < 1.29 is 4.79 Å². The van der Waals surface area contributed by atoms with Gasteiger partial charge in [-0.25, -0.2) is 0 Å². The molecule has 1 aliphatic carbocycles. The largest absolute Gasteiger partial charge is 0.353 e. The van der Waals surface area contributed by atoms with Crippen molar-refractivity contribution in [2.45, 2.75) is 44.7 Å². The SMILES string of the molecule is CC(Cc1ccsc1)NC(=O)C1CCC(N)C1. The first-order valence-corrected chi connectivity index (χ1v) is 7.16. The first-order chi connectivity index (χ1) is 8.15. The van der Waals surface area contributed by atoms with Crippen LogP contribution < -0.4 is 11.1 Å². The van der Waals surface area contributed by atoms with Crippen molar-refractivity contribution in [3.05, 3.63) is 22.4 Å². The van der Waals surface area contributed by atoms with E-state index in [0.29, 0.717) is 0 Å². The van der Waals surface area contributed by atoms with Crippen LogP contribution in [0, 0.1) is 5.92 Å². The van der Waals surface area contributed by atoms with E-state index in [1.54, 1.807) is 11.3 Å². The number of amides is 1. The predicted molar refractivity (Wildman–Crippen MR) is 70.9 cm³/mol. The molecule has 1 saturated carbocycles. The van der Waals surface area contributed by atoms with Crippen LogP contribution in [0.25, 0.3) is 0 Å². The van der Waals surface area contributed by atoms with E-state index in [-0.39, 0.29) is 23.9 Å². The average molecular weight is 252 g/mol. The van der Waals surface area contributed by atoms with Crippen LogP contribution in [-0.4, -0.2) is 18.0 Å². The molecule has 1 amide bonds. The van der Waals surface area contributed by atoms with E-state index >= 15 is 0 Å². The number of rotatable bonds is 4. The van der Waals surface area contributed by atoms with E-state index in [1.165, 1.54) is 5.56 Å². The molecule has 0 radical (unpaired) electrons. The fourth-order valence-electron chi connectivity index (χ4n) is 2.43. The van der Waals surface area contributed by atoms with Crippen molar-refractivity contribution in [3.63, 3.8) is 0 Å². The molecule has 0 spiro atoms. The predicted octanol–water partition coefficient (Wildman–Crippen LogP) is 1.92. The Bertz CT molecular complexity index is 364. The molecule has 1 aliphatic rings. The van der Waals surface area contributed by atoms with Crippen LogP contribution in [0.4, 0.5) is 0 Å².